The fraction of sp³-hybridized carbons (Fsp3) is 0.0455. The maximum atomic E-state index is 13.3. The molecule has 1 aromatic heterocycles. The second kappa shape index (κ2) is 8.57. The Morgan fingerprint density at radius 3 is 2.61 bits per heavy atom. The molecule has 6 nitrogen and oxygen atoms in total. The highest BCUT2D eigenvalue weighted by atomic mass is 32.2. The summed E-state index contributed by atoms with van der Waals surface area (Å²) in [7, 11) is 0. The summed E-state index contributed by atoms with van der Waals surface area (Å²) < 4.78 is 26.4. The van der Waals surface area contributed by atoms with E-state index in [2.05, 4.69) is 15.3 Å². The second-order valence-electron chi connectivity index (χ2n) is 6.64. The molecular weight excluding hydrogens is 422 g/mol. The van der Waals surface area contributed by atoms with Crippen molar-refractivity contribution >= 4 is 39.9 Å². The third-order valence-electron chi connectivity index (χ3n) is 4.59. The van der Waals surface area contributed by atoms with Gasteiger partial charge in [-0.15, -0.1) is 0 Å². The van der Waals surface area contributed by atoms with Crippen molar-refractivity contribution in [1.29, 1.82) is 0 Å². The highest BCUT2D eigenvalue weighted by molar-refractivity contribution is 7.98. The predicted octanol–water partition coefficient (Wildman–Crippen LogP) is 4.33. The molecule has 1 heterocycles. The lowest BCUT2D eigenvalue weighted by Crippen LogP contribution is -2.23. The van der Waals surface area contributed by atoms with Gasteiger partial charge >= 0.3 is 0 Å². The van der Waals surface area contributed by atoms with Crippen LogP contribution < -0.4 is 16.6 Å². The summed E-state index contributed by atoms with van der Waals surface area (Å²) in [6, 6.07) is 16.6. The number of anilines is 2. The van der Waals surface area contributed by atoms with E-state index in [9.17, 15) is 18.4 Å². The van der Waals surface area contributed by atoms with Gasteiger partial charge < -0.3 is 11.1 Å². The molecule has 0 fully saturated rings. The van der Waals surface area contributed by atoms with Crippen LogP contribution in [0.1, 0.15) is 15.9 Å². The number of nitrogens with one attached hydrogen (secondary N) is 2. The van der Waals surface area contributed by atoms with Gasteiger partial charge in [-0.25, -0.2) is 13.8 Å². The Balaban J connectivity index is 1.52. The van der Waals surface area contributed by atoms with E-state index in [0.29, 0.717) is 10.9 Å². The van der Waals surface area contributed by atoms with Gasteiger partial charge in [-0.1, -0.05) is 54.2 Å². The number of rotatable bonds is 5. The topological polar surface area (TPSA) is 101 Å². The molecule has 0 aliphatic carbocycles. The number of hydrogen-bond acceptors (Lipinski definition) is 5. The molecule has 9 heteroatoms. The van der Waals surface area contributed by atoms with Crippen molar-refractivity contribution in [2.75, 3.05) is 11.1 Å². The van der Waals surface area contributed by atoms with Crippen LogP contribution in [0.3, 0.4) is 0 Å². The minimum absolute atomic E-state index is 0.160. The van der Waals surface area contributed by atoms with Crippen molar-refractivity contribution in [3.8, 4) is 0 Å². The maximum Gasteiger partial charge on any atom is 0.277 e. The predicted molar refractivity (Wildman–Crippen MR) is 117 cm³/mol. The van der Waals surface area contributed by atoms with E-state index in [-0.39, 0.29) is 17.1 Å². The Morgan fingerprint density at radius 2 is 1.84 bits per heavy atom. The summed E-state index contributed by atoms with van der Waals surface area (Å²) in [6.45, 7) is 0. The van der Waals surface area contributed by atoms with E-state index in [1.807, 2.05) is 42.5 Å². The number of aromatic nitrogens is 2. The van der Waals surface area contributed by atoms with Crippen LogP contribution in [0, 0.1) is 11.6 Å². The lowest BCUT2D eigenvalue weighted by atomic mass is 10.1. The van der Waals surface area contributed by atoms with E-state index in [4.69, 9.17) is 5.73 Å². The smallest absolute Gasteiger partial charge is 0.277 e. The first-order valence-electron chi connectivity index (χ1n) is 9.18. The molecule has 0 unspecified atom stereocenters. The Morgan fingerprint density at radius 1 is 1.06 bits per heavy atom. The lowest BCUT2D eigenvalue weighted by Gasteiger charge is -2.09. The highest BCUT2D eigenvalue weighted by Gasteiger charge is 2.16. The lowest BCUT2D eigenvalue weighted by molar-refractivity contribution is 0.102. The van der Waals surface area contributed by atoms with Gasteiger partial charge in [0.25, 0.3) is 11.5 Å². The molecule has 0 radical (unpaired) electrons. The van der Waals surface area contributed by atoms with Gasteiger partial charge in [-0.3, -0.25) is 14.6 Å². The third kappa shape index (κ3) is 4.41. The summed E-state index contributed by atoms with van der Waals surface area (Å²) in [5, 5.41) is 4.80. The van der Waals surface area contributed by atoms with Gasteiger partial charge in [-0.05, 0) is 34.5 Å². The van der Waals surface area contributed by atoms with Gasteiger partial charge in [0.15, 0.2) is 22.6 Å². The number of carbonyl (C=O) groups excluding carboxylic acids is 1. The van der Waals surface area contributed by atoms with Crippen LogP contribution in [0.4, 0.5) is 20.3 Å². The van der Waals surface area contributed by atoms with E-state index >= 15 is 0 Å². The van der Waals surface area contributed by atoms with Crippen LogP contribution in [-0.2, 0) is 5.75 Å². The van der Waals surface area contributed by atoms with Crippen molar-refractivity contribution in [3.05, 3.63) is 93.8 Å². The van der Waals surface area contributed by atoms with Crippen LogP contribution in [-0.4, -0.2) is 15.9 Å². The zero-order chi connectivity index (χ0) is 22.0. The van der Waals surface area contributed by atoms with Crippen molar-refractivity contribution in [3.63, 3.8) is 0 Å². The molecule has 0 saturated carbocycles. The number of nitrogen functional groups attached to an aromatic ring is 1. The summed E-state index contributed by atoms with van der Waals surface area (Å²) in [6.07, 6.45) is 0. The summed E-state index contributed by atoms with van der Waals surface area (Å²) in [4.78, 5) is 31.4. The minimum atomic E-state index is -1.17. The summed E-state index contributed by atoms with van der Waals surface area (Å²) in [5.41, 5.74) is 5.87. The zero-order valence-electron chi connectivity index (χ0n) is 16.0. The number of amides is 1. The first-order valence-corrected chi connectivity index (χ1v) is 10.2. The number of nitrogens with zero attached hydrogens (tertiary/aromatic N) is 1. The maximum absolute atomic E-state index is 13.3. The number of carbonyl (C=O) groups is 1. The van der Waals surface area contributed by atoms with Gasteiger partial charge in [0, 0.05) is 11.3 Å². The first kappa shape index (κ1) is 20.5. The number of benzene rings is 3. The van der Waals surface area contributed by atoms with Crippen LogP contribution >= 0.6 is 11.8 Å². The molecule has 3 aromatic carbocycles. The van der Waals surface area contributed by atoms with Crippen molar-refractivity contribution in [2.45, 2.75) is 10.9 Å². The van der Waals surface area contributed by atoms with Crippen LogP contribution in [0.15, 0.2) is 70.6 Å². The molecule has 4 aromatic rings. The molecule has 0 aliphatic heterocycles. The van der Waals surface area contributed by atoms with Crippen LogP contribution in [0.2, 0.25) is 0 Å². The Hall–Kier alpha value is -3.72. The van der Waals surface area contributed by atoms with E-state index in [0.717, 1.165) is 34.5 Å². The van der Waals surface area contributed by atoms with E-state index < -0.39 is 23.1 Å². The third-order valence-corrected chi connectivity index (χ3v) is 5.51. The molecule has 31 heavy (non-hydrogen) atoms. The quantitative estimate of drug-likeness (QED) is 0.318. The zero-order valence-corrected chi connectivity index (χ0v) is 16.8. The number of aromatic amines is 1. The number of H-pyrrole nitrogens is 1. The molecule has 156 valence electrons. The molecule has 4 rings (SSSR count). The van der Waals surface area contributed by atoms with Gasteiger partial charge in [0.1, 0.15) is 5.69 Å². The second-order valence-corrected chi connectivity index (χ2v) is 7.61. The monoisotopic (exact) mass is 438 g/mol. The van der Waals surface area contributed by atoms with E-state index in [1.165, 1.54) is 11.8 Å². The van der Waals surface area contributed by atoms with Crippen molar-refractivity contribution in [2.24, 2.45) is 0 Å². The fourth-order valence-corrected chi connectivity index (χ4v) is 3.92. The highest BCUT2D eigenvalue weighted by Crippen LogP contribution is 2.26. The molecule has 0 atom stereocenters. The fourth-order valence-electron chi connectivity index (χ4n) is 3.05. The van der Waals surface area contributed by atoms with Crippen LogP contribution in [0.5, 0.6) is 0 Å². The van der Waals surface area contributed by atoms with Crippen molar-refractivity contribution < 1.29 is 13.6 Å². The number of thioether (sulfide) groups is 1. The van der Waals surface area contributed by atoms with E-state index in [1.54, 1.807) is 0 Å². The first-order chi connectivity index (χ1) is 14.9. The Labute approximate surface area is 179 Å². The molecule has 0 aliphatic rings. The summed E-state index contributed by atoms with van der Waals surface area (Å²) in [5.74, 6) is -2.70. The average Bonchev–Trinajstić information content (AvgIpc) is 2.76. The van der Waals surface area contributed by atoms with Gasteiger partial charge in [-0.2, -0.15) is 0 Å². The molecule has 0 spiro atoms. The normalized spacial score (nSPS) is 10.9. The van der Waals surface area contributed by atoms with Crippen LogP contribution in [0.25, 0.3) is 10.8 Å². The largest absolute Gasteiger partial charge is 0.382 e. The molecule has 1 amide bonds. The Bertz CT molecular complexity index is 1350. The number of fused-ring (bicyclic) bond motifs is 1. The molecular formula is C22H16F2N4O2S. The minimum Gasteiger partial charge on any atom is -0.382 e. The SMILES string of the molecule is Nc1nc(SCc2cccc3ccccc23)[nH]c(=O)c1NC(=O)c1ccc(F)c(F)c1. The number of halogens is 2. The Kier molecular flexibility index (Phi) is 5.68. The molecule has 4 N–H and O–H groups in total. The number of hydrogen-bond donors (Lipinski definition) is 3. The van der Waals surface area contributed by atoms with Gasteiger partial charge in [0.2, 0.25) is 0 Å². The molecule has 0 bridgehead atoms. The summed E-state index contributed by atoms with van der Waals surface area (Å²) >= 11 is 1.29. The standard InChI is InChI=1S/C22H16F2N4O2S/c23-16-9-8-13(10-17(16)24)20(29)26-18-19(25)27-22(28-21(18)30)31-11-14-6-3-5-12-4-1-2-7-15(12)14/h1-10H,11H2,(H,26,29)(H3,25,27,28,30). The van der Waals surface area contributed by atoms with Gasteiger partial charge in [0.05, 0.1) is 0 Å². The number of nitrogens with two attached hydrogens (primary N) is 1. The van der Waals surface area contributed by atoms with Crippen molar-refractivity contribution in [1.82, 2.24) is 9.97 Å². The average molecular weight is 438 g/mol. The molecule has 0 saturated heterocycles.